The number of nitrogens with two attached hydrogens (primary N) is 1. The lowest BCUT2D eigenvalue weighted by Crippen LogP contribution is -2.29. The van der Waals surface area contributed by atoms with Crippen LogP contribution < -0.4 is 16.6 Å². The molecule has 3 rings (SSSR count). The van der Waals surface area contributed by atoms with Crippen molar-refractivity contribution >= 4 is 28.2 Å². The van der Waals surface area contributed by atoms with E-state index in [1.807, 2.05) is 6.92 Å². The lowest BCUT2D eigenvalue weighted by molar-refractivity contribution is 0.102. The highest BCUT2D eigenvalue weighted by Gasteiger charge is 2.21. The minimum Gasteiger partial charge on any atom is -0.506 e. The van der Waals surface area contributed by atoms with E-state index >= 15 is 0 Å². The quantitative estimate of drug-likeness (QED) is 0.645. The van der Waals surface area contributed by atoms with Crippen molar-refractivity contribution in [1.29, 1.82) is 0 Å². The molecule has 6 nitrogen and oxygen atoms in total. The van der Waals surface area contributed by atoms with E-state index in [1.54, 1.807) is 48.5 Å². The molecule has 1 aromatic heterocycles. The number of benzene rings is 2. The Morgan fingerprint density at radius 3 is 2.50 bits per heavy atom. The molecule has 1 amide bonds. The molecule has 24 heavy (non-hydrogen) atoms. The van der Waals surface area contributed by atoms with Gasteiger partial charge in [0.25, 0.3) is 11.5 Å². The fourth-order valence-electron chi connectivity index (χ4n) is 2.67. The van der Waals surface area contributed by atoms with Crippen molar-refractivity contribution in [3.8, 4) is 5.75 Å². The molecule has 4 N–H and O–H groups in total. The van der Waals surface area contributed by atoms with Gasteiger partial charge in [0.1, 0.15) is 11.3 Å². The lowest BCUT2D eigenvalue weighted by atomic mass is 10.1. The van der Waals surface area contributed by atoms with Crippen molar-refractivity contribution in [3.05, 3.63) is 64.4 Å². The molecule has 3 aromatic rings. The van der Waals surface area contributed by atoms with Crippen LogP contribution in [0.5, 0.6) is 5.75 Å². The molecule has 0 aliphatic heterocycles. The van der Waals surface area contributed by atoms with Gasteiger partial charge in [0.05, 0.1) is 5.52 Å². The predicted molar refractivity (Wildman–Crippen MR) is 94.4 cm³/mol. The highest BCUT2D eigenvalue weighted by Crippen LogP contribution is 2.26. The second-order valence-corrected chi connectivity index (χ2v) is 5.37. The second-order valence-electron chi connectivity index (χ2n) is 5.37. The molecule has 0 unspecified atom stereocenters. The summed E-state index contributed by atoms with van der Waals surface area (Å²) in [5.41, 5.74) is 6.46. The Morgan fingerprint density at radius 1 is 1.17 bits per heavy atom. The maximum absolute atomic E-state index is 12.6. The van der Waals surface area contributed by atoms with Crippen LogP contribution in [0.3, 0.4) is 0 Å². The number of anilines is 2. The van der Waals surface area contributed by atoms with E-state index in [1.165, 1.54) is 4.57 Å². The summed E-state index contributed by atoms with van der Waals surface area (Å²) in [5.74, 6) is -0.969. The molecule has 0 spiro atoms. The lowest BCUT2D eigenvalue weighted by Gasteiger charge is -2.13. The van der Waals surface area contributed by atoms with Crippen LogP contribution in [-0.4, -0.2) is 15.6 Å². The zero-order valence-electron chi connectivity index (χ0n) is 13.1. The number of carbonyl (C=O) groups excluding carboxylic acids is 1. The van der Waals surface area contributed by atoms with Crippen LogP contribution >= 0.6 is 0 Å². The summed E-state index contributed by atoms with van der Waals surface area (Å²) in [6.45, 7) is 2.20. The normalized spacial score (nSPS) is 10.7. The summed E-state index contributed by atoms with van der Waals surface area (Å²) >= 11 is 0. The minimum absolute atomic E-state index is 0.271. The fraction of sp³-hybridized carbons (Fsp3) is 0.111. The van der Waals surface area contributed by atoms with E-state index in [-0.39, 0.29) is 11.3 Å². The maximum atomic E-state index is 12.6. The number of aromatic nitrogens is 1. The molecule has 6 heteroatoms. The summed E-state index contributed by atoms with van der Waals surface area (Å²) in [6.07, 6.45) is 0. The van der Waals surface area contributed by atoms with Gasteiger partial charge in [-0.05, 0) is 43.3 Å². The Hall–Kier alpha value is -3.28. The first-order chi connectivity index (χ1) is 11.5. The van der Waals surface area contributed by atoms with E-state index in [4.69, 9.17) is 5.73 Å². The van der Waals surface area contributed by atoms with E-state index in [0.29, 0.717) is 28.8 Å². The minimum atomic E-state index is -0.657. The van der Waals surface area contributed by atoms with Gasteiger partial charge in [0.15, 0.2) is 0 Å². The van der Waals surface area contributed by atoms with Crippen molar-refractivity contribution < 1.29 is 9.90 Å². The average Bonchev–Trinajstić information content (AvgIpc) is 2.57. The molecule has 0 saturated carbocycles. The number of aromatic hydroxyl groups is 1. The predicted octanol–water partition coefficient (Wildman–Crippen LogP) is 2.56. The Balaban J connectivity index is 2.13. The van der Waals surface area contributed by atoms with Crippen LogP contribution in [0.1, 0.15) is 17.3 Å². The Bertz CT molecular complexity index is 975. The number of carbonyl (C=O) groups is 1. The van der Waals surface area contributed by atoms with Gasteiger partial charge in [-0.2, -0.15) is 0 Å². The van der Waals surface area contributed by atoms with Crippen LogP contribution in [0.4, 0.5) is 11.4 Å². The monoisotopic (exact) mass is 323 g/mol. The van der Waals surface area contributed by atoms with Gasteiger partial charge in [-0.1, -0.05) is 12.1 Å². The summed E-state index contributed by atoms with van der Waals surface area (Å²) < 4.78 is 1.47. The van der Waals surface area contributed by atoms with E-state index in [2.05, 4.69) is 5.32 Å². The van der Waals surface area contributed by atoms with Crippen LogP contribution in [0.15, 0.2) is 53.3 Å². The maximum Gasteiger partial charge on any atom is 0.267 e. The smallest absolute Gasteiger partial charge is 0.267 e. The number of nitrogen functional groups attached to an aromatic ring is 1. The first-order valence-corrected chi connectivity index (χ1v) is 7.54. The van der Waals surface area contributed by atoms with Gasteiger partial charge < -0.3 is 20.7 Å². The van der Waals surface area contributed by atoms with Crippen molar-refractivity contribution in [2.75, 3.05) is 11.1 Å². The van der Waals surface area contributed by atoms with Crippen LogP contribution in [0.2, 0.25) is 0 Å². The Kier molecular flexibility index (Phi) is 3.95. The Morgan fingerprint density at radius 2 is 1.83 bits per heavy atom. The number of amides is 1. The van der Waals surface area contributed by atoms with E-state index in [0.717, 1.165) is 0 Å². The van der Waals surface area contributed by atoms with Gasteiger partial charge in [-0.15, -0.1) is 0 Å². The zero-order chi connectivity index (χ0) is 17.3. The number of hydrogen-bond donors (Lipinski definition) is 3. The second kappa shape index (κ2) is 6.08. The number of nitrogens with one attached hydrogen (secondary N) is 1. The van der Waals surface area contributed by atoms with Crippen molar-refractivity contribution in [1.82, 2.24) is 4.57 Å². The standard InChI is InChI=1S/C18H17N3O3/c1-2-21-14-6-4-3-5-13(14)16(22)15(18(21)24)17(23)20-12-9-7-11(19)8-10-12/h3-10,22H,2,19H2,1H3,(H,20,23). The van der Waals surface area contributed by atoms with Gasteiger partial charge in [0.2, 0.25) is 0 Å². The van der Waals surface area contributed by atoms with E-state index in [9.17, 15) is 14.7 Å². The number of pyridine rings is 1. The van der Waals surface area contributed by atoms with Crippen LogP contribution in [-0.2, 0) is 6.54 Å². The first kappa shape index (κ1) is 15.6. The molecule has 0 radical (unpaired) electrons. The molecule has 0 fully saturated rings. The molecule has 2 aromatic carbocycles. The fourth-order valence-corrected chi connectivity index (χ4v) is 2.67. The number of para-hydroxylation sites is 1. The third kappa shape index (κ3) is 2.58. The third-order valence-electron chi connectivity index (χ3n) is 3.86. The van der Waals surface area contributed by atoms with Crippen LogP contribution in [0.25, 0.3) is 10.9 Å². The molecular weight excluding hydrogens is 306 g/mol. The number of aryl methyl sites for hydroxylation is 1. The molecule has 1 heterocycles. The van der Waals surface area contributed by atoms with Crippen molar-refractivity contribution in [3.63, 3.8) is 0 Å². The number of hydrogen-bond acceptors (Lipinski definition) is 4. The zero-order valence-corrected chi connectivity index (χ0v) is 13.1. The summed E-state index contributed by atoms with van der Waals surface area (Å²) in [4.78, 5) is 25.2. The summed E-state index contributed by atoms with van der Waals surface area (Å²) in [7, 11) is 0. The molecule has 0 bridgehead atoms. The summed E-state index contributed by atoms with van der Waals surface area (Å²) in [6, 6.07) is 13.5. The largest absolute Gasteiger partial charge is 0.506 e. The van der Waals surface area contributed by atoms with Crippen molar-refractivity contribution in [2.24, 2.45) is 0 Å². The van der Waals surface area contributed by atoms with Crippen molar-refractivity contribution in [2.45, 2.75) is 13.5 Å². The average molecular weight is 323 g/mol. The third-order valence-corrected chi connectivity index (χ3v) is 3.86. The molecule has 0 aliphatic carbocycles. The highest BCUT2D eigenvalue weighted by molar-refractivity contribution is 6.09. The molecule has 0 aliphatic rings. The molecule has 122 valence electrons. The Labute approximate surface area is 138 Å². The highest BCUT2D eigenvalue weighted by atomic mass is 16.3. The molecule has 0 atom stereocenters. The first-order valence-electron chi connectivity index (χ1n) is 7.54. The van der Waals surface area contributed by atoms with Crippen LogP contribution in [0, 0.1) is 0 Å². The number of nitrogens with zero attached hydrogens (tertiary/aromatic N) is 1. The van der Waals surface area contributed by atoms with Gasteiger partial charge >= 0.3 is 0 Å². The number of fused-ring (bicyclic) bond motifs is 1. The van der Waals surface area contributed by atoms with Gasteiger partial charge in [0, 0.05) is 23.3 Å². The van der Waals surface area contributed by atoms with E-state index < -0.39 is 11.5 Å². The van der Waals surface area contributed by atoms with Gasteiger partial charge in [-0.25, -0.2) is 0 Å². The molecular formula is C18H17N3O3. The topological polar surface area (TPSA) is 97.4 Å². The SMILES string of the molecule is CCn1c(=O)c(C(=O)Nc2ccc(N)cc2)c(O)c2ccccc21. The van der Waals surface area contributed by atoms with Gasteiger partial charge in [-0.3, -0.25) is 9.59 Å². The summed E-state index contributed by atoms with van der Waals surface area (Å²) in [5, 5.41) is 13.5. The number of rotatable bonds is 3. The molecule has 0 saturated heterocycles.